The number of carbonyl (C=O) groups is 1. The van der Waals surface area contributed by atoms with Crippen LogP contribution in [0.2, 0.25) is 0 Å². The molecule has 1 aliphatic heterocycles. The molecule has 3 rings (SSSR count). The molecule has 1 heterocycles. The molecular weight excluding hydrogens is 257 g/mol. The first-order valence-electron chi connectivity index (χ1n) is 6.12. The molecule has 0 amide bonds. The first-order valence-corrected chi connectivity index (χ1v) is 6.59. The number of carbonyl (C=O) groups excluding carboxylic acids is 1. The van der Waals surface area contributed by atoms with E-state index in [4.69, 9.17) is 4.52 Å². The van der Waals surface area contributed by atoms with Crippen LogP contribution in [0.1, 0.15) is 11.5 Å². The van der Waals surface area contributed by atoms with Crippen LogP contribution < -0.4 is 9.42 Å². The van der Waals surface area contributed by atoms with Gasteiger partial charge in [0.2, 0.25) is 0 Å². The van der Waals surface area contributed by atoms with E-state index in [9.17, 15) is 4.79 Å². The third-order valence-corrected chi connectivity index (χ3v) is 3.73. The van der Waals surface area contributed by atoms with Gasteiger partial charge in [-0.15, -0.1) is 0 Å². The molecule has 0 aromatic heterocycles. The highest BCUT2D eigenvalue weighted by atomic mass is 31.0. The Bertz CT molecular complexity index is 597. The molecule has 2 unspecified atom stereocenters. The standard InChI is InChI=1S/C15H14NO2P/c17-10-11-9-16(15-4-2-1-3-14(11)15)12-5-7-13(18-19)8-6-12/h1-8,10-11H,9,19H2. The summed E-state index contributed by atoms with van der Waals surface area (Å²) < 4.78 is 5.09. The zero-order valence-corrected chi connectivity index (χ0v) is 11.5. The normalized spacial score (nSPS) is 17.1. The van der Waals surface area contributed by atoms with Crippen LogP contribution in [0.15, 0.2) is 48.5 Å². The molecule has 4 heteroatoms. The SMILES string of the molecule is O=CC1CN(c2ccc(OP)cc2)c2ccccc21. The Labute approximate surface area is 114 Å². The molecule has 96 valence electrons. The average molecular weight is 271 g/mol. The molecule has 0 saturated heterocycles. The summed E-state index contributed by atoms with van der Waals surface area (Å²) in [6.07, 6.45) is 1.03. The zero-order chi connectivity index (χ0) is 13.2. The molecule has 2 aromatic rings. The number of nitrogens with zero attached hydrogens (tertiary/aromatic N) is 1. The Morgan fingerprint density at radius 2 is 1.89 bits per heavy atom. The maximum absolute atomic E-state index is 11.2. The predicted octanol–water partition coefficient (Wildman–Crippen LogP) is 3.29. The van der Waals surface area contributed by atoms with Gasteiger partial charge in [-0.3, -0.25) is 0 Å². The Morgan fingerprint density at radius 1 is 1.16 bits per heavy atom. The lowest BCUT2D eigenvalue weighted by Crippen LogP contribution is -2.15. The van der Waals surface area contributed by atoms with Crippen molar-refractivity contribution in [2.24, 2.45) is 0 Å². The Kier molecular flexibility index (Phi) is 3.22. The second-order valence-corrected chi connectivity index (χ2v) is 4.76. The van der Waals surface area contributed by atoms with Gasteiger partial charge in [0.05, 0.1) is 15.4 Å². The number of rotatable bonds is 3. The van der Waals surface area contributed by atoms with Crippen LogP contribution in [-0.4, -0.2) is 12.8 Å². The lowest BCUT2D eigenvalue weighted by Gasteiger charge is -2.19. The van der Waals surface area contributed by atoms with Gasteiger partial charge in [0.1, 0.15) is 12.0 Å². The van der Waals surface area contributed by atoms with E-state index < -0.39 is 0 Å². The van der Waals surface area contributed by atoms with Gasteiger partial charge in [0.25, 0.3) is 0 Å². The van der Waals surface area contributed by atoms with Crippen LogP contribution in [0.25, 0.3) is 0 Å². The van der Waals surface area contributed by atoms with Crippen molar-refractivity contribution in [1.29, 1.82) is 0 Å². The highest BCUT2D eigenvalue weighted by molar-refractivity contribution is 7.10. The Morgan fingerprint density at radius 3 is 2.58 bits per heavy atom. The summed E-state index contributed by atoms with van der Waals surface area (Å²) in [5.41, 5.74) is 3.28. The van der Waals surface area contributed by atoms with Crippen LogP contribution in [0.5, 0.6) is 5.75 Å². The Hall–Kier alpha value is -1.86. The Balaban J connectivity index is 2.00. The van der Waals surface area contributed by atoms with Crippen LogP contribution in [0, 0.1) is 0 Å². The molecule has 0 aliphatic carbocycles. The molecular formula is C15H14NO2P. The highest BCUT2D eigenvalue weighted by Gasteiger charge is 2.28. The molecule has 0 bridgehead atoms. The number of para-hydroxylation sites is 1. The van der Waals surface area contributed by atoms with Crippen molar-refractivity contribution in [3.8, 4) is 5.75 Å². The molecule has 0 saturated carbocycles. The molecule has 2 atom stereocenters. The zero-order valence-electron chi connectivity index (χ0n) is 10.3. The van der Waals surface area contributed by atoms with Gasteiger partial charge in [-0.1, -0.05) is 18.2 Å². The van der Waals surface area contributed by atoms with Crippen molar-refractivity contribution in [3.63, 3.8) is 0 Å². The quantitative estimate of drug-likeness (QED) is 0.633. The minimum atomic E-state index is -0.0474. The first kappa shape index (κ1) is 12.2. The average Bonchev–Trinajstić information content (AvgIpc) is 2.86. The number of hydrogen-bond donors (Lipinski definition) is 0. The lowest BCUT2D eigenvalue weighted by molar-refractivity contribution is -0.108. The van der Waals surface area contributed by atoms with Crippen molar-refractivity contribution < 1.29 is 9.32 Å². The fourth-order valence-corrected chi connectivity index (χ4v) is 2.66. The summed E-state index contributed by atoms with van der Waals surface area (Å²) >= 11 is 0. The molecule has 3 nitrogen and oxygen atoms in total. The van der Waals surface area contributed by atoms with E-state index in [2.05, 4.69) is 20.4 Å². The van der Waals surface area contributed by atoms with Gasteiger partial charge >= 0.3 is 0 Å². The van der Waals surface area contributed by atoms with Crippen molar-refractivity contribution in [2.45, 2.75) is 5.92 Å². The minimum Gasteiger partial charge on any atom is -0.480 e. The van der Waals surface area contributed by atoms with Crippen LogP contribution in [0.4, 0.5) is 11.4 Å². The third kappa shape index (κ3) is 2.11. The summed E-state index contributed by atoms with van der Waals surface area (Å²) in [5.74, 6) is 0.752. The van der Waals surface area contributed by atoms with Crippen molar-refractivity contribution in [2.75, 3.05) is 11.4 Å². The first-order chi connectivity index (χ1) is 9.33. The molecule has 19 heavy (non-hydrogen) atoms. The van der Waals surface area contributed by atoms with Gasteiger partial charge in [-0.2, -0.15) is 0 Å². The predicted molar refractivity (Wildman–Crippen MR) is 79.0 cm³/mol. The van der Waals surface area contributed by atoms with Crippen molar-refractivity contribution in [1.82, 2.24) is 0 Å². The molecule has 2 aromatic carbocycles. The van der Waals surface area contributed by atoms with E-state index in [0.717, 1.165) is 29.0 Å². The highest BCUT2D eigenvalue weighted by Crippen LogP contribution is 2.40. The van der Waals surface area contributed by atoms with Crippen LogP contribution in [-0.2, 0) is 4.79 Å². The summed E-state index contributed by atoms with van der Waals surface area (Å²) in [5, 5.41) is 0. The van der Waals surface area contributed by atoms with Crippen LogP contribution >= 0.6 is 9.47 Å². The van der Waals surface area contributed by atoms with E-state index in [0.29, 0.717) is 6.54 Å². The van der Waals surface area contributed by atoms with Crippen molar-refractivity contribution in [3.05, 3.63) is 54.1 Å². The molecule has 1 aliphatic rings. The molecule has 0 spiro atoms. The maximum Gasteiger partial charge on any atom is 0.129 e. The summed E-state index contributed by atoms with van der Waals surface area (Å²) in [4.78, 5) is 13.4. The summed E-state index contributed by atoms with van der Waals surface area (Å²) in [6.45, 7) is 0.698. The number of hydrogen-bond acceptors (Lipinski definition) is 3. The summed E-state index contributed by atoms with van der Waals surface area (Å²) in [6, 6.07) is 15.9. The maximum atomic E-state index is 11.2. The number of fused-ring (bicyclic) bond motifs is 1. The lowest BCUT2D eigenvalue weighted by atomic mass is 10.0. The van der Waals surface area contributed by atoms with E-state index in [1.807, 2.05) is 42.5 Å². The smallest absolute Gasteiger partial charge is 0.129 e. The number of anilines is 2. The van der Waals surface area contributed by atoms with Gasteiger partial charge in [-0.05, 0) is 35.9 Å². The summed E-state index contributed by atoms with van der Waals surface area (Å²) in [7, 11) is 2.23. The molecule has 0 fully saturated rings. The fourth-order valence-electron chi connectivity index (χ4n) is 2.51. The largest absolute Gasteiger partial charge is 0.480 e. The molecule has 0 radical (unpaired) electrons. The van der Waals surface area contributed by atoms with Gasteiger partial charge in [0.15, 0.2) is 0 Å². The second-order valence-electron chi connectivity index (χ2n) is 4.52. The van der Waals surface area contributed by atoms with E-state index in [1.54, 1.807) is 0 Å². The topological polar surface area (TPSA) is 29.5 Å². The van der Waals surface area contributed by atoms with Gasteiger partial charge in [-0.25, -0.2) is 0 Å². The van der Waals surface area contributed by atoms with Gasteiger partial charge < -0.3 is 14.2 Å². The minimum absolute atomic E-state index is 0.0474. The van der Waals surface area contributed by atoms with E-state index in [-0.39, 0.29) is 5.92 Å². The van der Waals surface area contributed by atoms with E-state index >= 15 is 0 Å². The second kappa shape index (κ2) is 5.02. The van der Waals surface area contributed by atoms with E-state index in [1.165, 1.54) is 0 Å². The molecule has 0 N–H and O–H groups in total. The number of aldehydes is 1. The van der Waals surface area contributed by atoms with Crippen molar-refractivity contribution >= 4 is 27.1 Å². The van der Waals surface area contributed by atoms with Gasteiger partial charge in [0, 0.05) is 17.9 Å². The fraction of sp³-hybridized carbons (Fsp3) is 0.133. The third-order valence-electron chi connectivity index (χ3n) is 3.46. The van der Waals surface area contributed by atoms with Crippen LogP contribution in [0.3, 0.4) is 0 Å². The monoisotopic (exact) mass is 271 g/mol. The number of benzene rings is 2.